The Morgan fingerprint density at radius 2 is 1.94 bits per heavy atom. The van der Waals surface area contributed by atoms with Crippen LogP contribution in [-0.2, 0) is 5.60 Å². The van der Waals surface area contributed by atoms with Gasteiger partial charge in [0.15, 0.2) is 11.5 Å². The highest BCUT2D eigenvalue weighted by atomic mass is 16.5. The van der Waals surface area contributed by atoms with Crippen molar-refractivity contribution in [3.8, 4) is 23.8 Å². The van der Waals surface area contributed by atoms with Crippen molar-refractivity contribution < 1.29 is 14.6 Å². The fraction of sp³-hybridized carbons (Fsp3) is 0.385. The van der Waals surface area contributed by atoms with Crippen LogP contribution in [-0.4, -0.2) is 19.3 Å². The first-order chi connectivity index (χ1) is 7.55. The lowest BCUT2D eigenvalue weighted by Crippen LogP contribution is -2.20. The predicted octanol–water partition coefficient (Wildman–Crippen LogP) is 1.93. The van der Waals surface area contributed by atoms with Crippen LogP contribution in [0, 0.1) is 12.3 Å². The van der Waals surface area contributed by atoms with Gasteiger partial charge in [-0.25, -0.2) is 0 Å². The molecule has 0 aliphatic rings. The maximum Gasteiger partial charge on any atom is 0.161 e. The van der Waals surface area contributed by atoms with Crippen molar-refractivity contribution in [2.24, 2.45) is 0 Å². The van der Waals surface area contributed by atoms with Crippen LogP contribution in [0.25, 0.3) is 0 Å². The van der Waals surface area contributed by atoms with Gasteiger partial charge >= 0.3 is 0 Å². The minimum absolute atomic E-state index is 0.252. The smallest absolute Gasteiger partial charge is 0.161 e. The fourth-order valence-corrected chi connectivity index (χ4v) is 1.47. The van der Waals surface area contributed by atoms with Crippen LogP contribution in [0.5, 0.6) is 11.5 Å². The number of aliphatic hydroxyl groups is 1. The van der Waals surface area contributed by atoms with Crippen LogP contribution in [0.15, 0.2) is 18.2 Å². The molecule has 0 spiro atoms. The minimum atomic E-state index is -1.05. The standard InChI is InChI=1S/C13H16O3/c1-5-8-13(2,14)10-6-7-11(15-3)12(9-10)16-4/h1,6-7,9,14H,8H2,2-4H3/t13-/m1/s1. The molecule has 0 unspecified atom stereocenters. The summed E-state index contributed by atoms with van der Waals surface area (Å²) in [7, 11) is 3.12. The summed E-state index contributed by atoms with van der Waals surface area (Å²) in [6, 6.07) is 5.26. The van der Waals surface area contributed by atoms with Crippen molar-refractivity contribution in [2.75, 3.05) is 14.2 Å². The van der Waals surface area contributed by atoms with E-state index in [9.17, 15) is 5.11 Å². The highest BCUT2D eigenvalue weighted by molar-refractivity contribution is 5.44. The highest BCUT2D eigenvalue weighted by Crippen LogP contribution is 2.33. The molecule has 0 saturated heterocycles. The Bertz CT molecular complexity index is 402. The van der Waals surface area contributed by atoms with Crippen molar-refractivity contribution in [3.63, 3.8) is 0 Å². The van der Waals surface area contributed by atoms with E-state index in [0.717, 1.165) is 0 Å². The van der Waals surface area contributed by atoms with E-state index in [1.807, 2.05) is 0 Å². The zero-order valence-electron chi connectivity index (χ0n) is 9.78. The summed E-state index contributed by atoms with van der Waals surface area (Å²) in [5.41, 5.74) is -0.336. The third-order valence-corrected chi connectivity index (χ3v) is 2.45. The zero-order valence-corrected chi connectivity index (χ0v) is 9.78. The summed E-state index contributed by atoms with van der Waals surface area (Å²) in [6.45, 7) is 1.67. The van der Waals surface area contributed by atoms with Gasteiger partial charge in [-0.15, -0.1) is 12.3 Å². The van der Waals surface area contributed by atoms with Gasteiger partial charge in [-0.2, -0.15) is 0 Å². The monoisotopic (exact) mass is 220 g/mol. The SMILES string of the molecule is C#CC[C@@](C)(O)c1ccc(OC)c(OC)c1. The molecule has 1 rings (SSSR count). The third-order valence-electron chi connectivity index (χ3n) is 2.45. The summed E-state index contributed by atoms with van der Waals surface area (Å²) in [4.78, 5) is 0. The number of benzene rings is 1. The average molecular weight is 220 g/mol. The van der Waals surface area contributed by atoms with Gasteiger partial charge in [0.05, 0.1) is 19.8 Å². The van der Waals surface area contributed by atoms with E-state index >= 15 is 0 Å². The quantitative estimate of drug-likeness (QED) is 0.788. The normalized spacial score (nSPS) is 13.7. The molecule has 0 aliphatic carbocycles. The molecule has 1 atom stereocenters. The van der Waals surface area contributed by atoms with E-state index in [-0.39, 0.29) is 6.42 Å². The van der Waals surface area contributed by atoms with E-state index < -0.39 is 5.60 Å². The van der Waals surface area contributed by atoms with E-state index in [2.05, 4.69) is 5.92 Å². The van der Waals surface area contributed by atoms with Crippen LogP contribution in [0.3, 0.4) is 0 Å². The van der Waals surface area contributed by atoms with E-state index in [1.54, 1.807) is 39.3 Å². The maximum absolute atomic E-state index is 10.1. The second-order valence-corrected chi connectivity index (χ2v) is 3.72. The molecule has 0 bridgehead atoms. The van der Waals surface area contributed by atoms with Gasteiger partial charge < -0.3 is 14.6 Å². The first-order valence-electron chi connectivity index (χ1n) is 4.93. The van der Waals surface area contributed by atoms with Gasteiger partial charge in [-0.1, -0.05) is 6.07 Å². The molecule has 86 valence electrons. The van der Waals surface area contributed by atoms with Gasteiger partial charge in [-0.3, -0.25) is 0 Å². The summed E-state index contributed by atoms with van der Waals surface area (Å²) < 4.78 is 10.3. The fourth-order valence-electron chi connectivity index (χ4n) is 1.47. The lowest BCUT2D eigenvalue weighted by atomic mass is 9.92. The summed E-state index contributed by atoms with van der Waals surface area (Å²) in [6.07, 6.45) is 5.47. The Labute approximate surface area is 96.0 Å². The number of ether oxygens (including phenoxy) is 2. The summed E-state index contributed by atoms with van der Waals surface area (Å²) in [5, 5.41) is 10.1. The van der Waals surface area contributed by atoms with Crippen molar-refractivity contribution in [1.29, 1.82) is 0 Å². The molecule has 3 heteroatoms. The summed E-state index contributed by atoms with van der Waals surface area (Å²) in [5.74, 6) is 3.66. The van der Waals surface area contributed by atoms with Crippen molar-refractivity contribution in [1.82, 2.24) is 0 Å². The molecule has 0 aliphatic heterocycles. The molecule has 0 fully saturated rings. The van der Waals surface area contributed by atoms with Crippen LogP contribution >= 0.6 is 0 Å². The van der Waals surface area contributed by atoms with Gasteiger partial charge in [0.1, 0.15) is 0 Å². The minimum Gasteiger partial charge on any atom is -0.493 e. The van der Waals surface area contributed by atoms with E-state index in [4.69, 9.17) is 15.9 Å². The van der Waals surface area contributed by atoms with Crippen LogP contribution < -0.4 is 9.47 Å². The van der Waals surface area contributed by atoms with Crippen LogP contribution in [0.2, 0.25) is 0 Å². The number of methoxy groups -OCH3 is 2. The molecule has 1 N–H and O–H groups in total. The molecule has 0 saturated carbocycles. The molecule has 3 nitrogen and oxygen atoms in total. The second-order valence-electron chi connectivity index (χ2n) is 3.72. The summed E-state index contributed by atoms with van der Waals surface area (Å²) >= 11 is 0. The second kappa shape index (κ2) is 4.91. The molecular formula is C13H16O3. The van der Waals surface area contributed by atoms with E-state index in [1.165, 1.54) is 0 Å². The molecule has 16 heavy (non-hydrogen) atoms. The molecule has 1 aromatic rings. The number of terminal acetylenes is 1. The Morgan fingerprint density at radius 3 is 2.44 bits per heavy atom. The van der Waals surface area contributed by atoms with Crippen molar-refractivity contribution in [3.05, 3.63) is 23.8 Å². The lowest BCUT2D eigenvalue weighted by Gasteiger charge is -2.22. The van der Waals surface area contributed by atoms with Gasteiger partial charge in [0.25, 0.3) is 0 Å². The first-order valence-corrected chi connectivity index (χ1v) is 4.93. The van der Waals surface area contributed by atoms with E-state index in [0.29, 0.717) is 17.1 Å². The molecule has 0 amide bonds. The Kier molecular flexibility index (Phi) is 3.81. The largest absolute Gasteiger partial charge is 0.493 e. The zero-order chi connectivity index (χ0) is 12.2. The Balaban J connectivity index is 3.13. The molecule has 0 aromatic heterocycles. The average Bonchev–Trinajstić information content (AvgIpc) is 2.28. The van der Waals surface area contributed by atoms with Crippen molar-refractivity contribution >= 4 is 0 Å². The van der Waals surface area contributed by atoms with Crippen LogP contribution in [0.4, 0.5) is 0 Å². The highest BCUT2D eigenvalue weighted by Gasteiger charge is 2.23. The molecule has 0 heterocycles. The third kappa shape index (κ3) is 2.47. The van der Waals surface area contributed by atoms with Crippen molar-refractivity contribution in [2.45, 2.75) is 18.9 Å². The molecular weight excluding hydrogens is 204 g/mol. The number of hydrogen-bond donors (Lipinski definition) is 1. The number of hydrogen-bond acceptors (Lipinski definition) is 3. The Morgan fingerprint density at radius 1 is 1.31 bits per heavy atom. The van der Waals surface area contributed by atoms with Crippen LogP contribution in [0.1, 0.15) is 18.9 Å². The molecule has 1 aromatic carbocycles. The maximum atomic E-state index is 10.1. The predicted molar refractivity (Wildman–Crippen MR) is 62.6 cm³/mol. The number of rotatable bonds is 4. The Hall–Kier alpha value is -1.66. The van der Waals surface area contributed by atoms with Gasteiger partial charge in [0, 0.05) is 6.42 Å². The lowest BCUT2D eigenvalue weighted by molar-refractivity contribution is 0.0626. The van der Waals surface area contributed by atoms with Gasteiger partial charge in [-0.05, 0) is 24.6 Å². The van der Waals surface area contributed by atoms with Gasteiger partial charge in [0.2, 0.25) is 0 Å². The molecule has 0 radical (unpaired) electrons. The first kappa shape index (κ1) is 12.4. The topological polar surface area (TPSA) is 38.7 Å².